The standard InChI is InChI=1S/C32H32FN5O4S/c1-5-14-38(28-17-22-7-6-8-23(19-34)30(22)36-28)15-13-21-16-25-27(18-26(21)37(3)43(4,40)41)42-31(29(25)32(39)35-2)20-9-11-24(33)12-10-20/h6-12,16-18,36H,5,13-15H2,1-4H3,(H,35,39). The first kappa shape index (κ1) is 29.7. The highest BCUT2D eigenvalue weighted by molar-refractivity contribution is 7.92. The third-order valence-electron chi connectivity index (χ3n) is 7.53. The maximum Gasteiger partial charge on any atom is 0.255 e. The molecule has 0 radical (unpaired) electrons. The molecule has 0 aliphatic carbocycles. The van der Waals surface area contributed by atoms with E-state index >= 15 is 0 Å². The fraction of sp³-hybridized carbons (Fsp3) is 0.250. The van der Waals surface area contributed by atoms with E-state index in [1.807, 2.05) is 18.2 Å². The number of carbonyl (C=O) groups is 1. The number of halogens is 1. The first-order valence-corrected chi connectivity index (χ1v) is 15.7. The second kappa shape index (κ2) is 11.8. The maximum absolute atomic E-state index is 13.7. The molecule has 0 fully saturated rings. The zero-order chi connectivity index (χ0) is 30.9. The topological polar surface area (TPSA) is 122 Å². The van der Waals surface area contributed by atoms with Gasteiger partial charge in [0.1, 0.15) is 29.0 Å². The summed E-state index contributed by atoms with van der Waals surface area (Å²) < 4.78 is 46.4. The van der Waals surface area contributed by atoms with Crippen LogP contribution in [0.25, 0.3) is 33.2 Å². The summed E-state index contributed by atoms with van der Waals surface area (Å²) in [4.78, 5) is 18.7. The Labute approximate surface area is 249 Å². The number of sulfonamides is 1. The van der Waals surface area contributed by atoms with Crippen LogP contribution in [-0.2, 0) is 16.4 Å². The molecule has 0 unspecified atom stereocenters. The van der Waals surface area contributed by atoms with Gasteiger partial charge in [0.25, 0.3) is 5.91 Å². The molecule has 2 N–H and O–H groups in total. The van der Waals surface area contributed by atoms with Gasteiger partial charge in [0.15, 0.2) is 0 Å². The molecule has 11 heteroatoms. The van der Waals surface area contributed by atoms with E-state index in [1.54, 1.807) is 18.2 Å². The molecule has 0 bridgehead atoms. The minimum absolute atomic E-state index is 0.262. The number of rotatable bonds is 10. The lowest BCUT2D eigenvalue weighted by Crippen LogP contribution is -2.29. The van der Waals surface area contributed by atoms with Crippen LogP contribution in [0.3, 0.4) is 0 Å². The summed E-state index contributed by atoms with van der Waals surface area (Å²) in [6, 6.07) is 18.9. The Morgan fingerprint density at radius 1 is 1.12 bits per heavy atom. The van der Waals surface area contributed by atoms with E-state index < -0.39 is 15.8 Å². The molecule has 1 amide bonds. The minimum Gasteiger partial charge on any atom is -0.455 e. The third kappa shape index (κ3) is 5.79. The zero-order valence-corrected chi connectivity index (χ0v) is 25.2. The van der Waals surface area contributed by atoms with Gasteiger partial charge in [0, 0.05) is 49.6 Å². The van der Waals surface area contributed by atoms with Crippen LogP contribution in [0.2, 0.25) is 0 Å². The number of hydrogen-bond donors (Lipinski definition) is 2. The van der Waals surface area contributed by atoms with Crippen LogP contribution in [-0.4, -0.2) is 52.7 Å². The second-order valence-corrected chi connectivity index (χ2v) is 12.4. The summed E-state index contributed by atoms with van der Waals surface area (Å²) in [5, 5.41) is 13.7. The summed E-state index contributed by atoms with van der Waals surface area (Å²) >= 11 is 0. The number of amides is 1. The van der Waals surface area contributed by atoms with E-state index in [1.165, 1.54) is 42.7 Å². The number of carbonyl (C=O) groups excluding carboxylic acids is 1. The van der Waals surface area contributed by atoms with Gasteiger partial charge in [-0.3, -0.25) is 9.10 Å². The van der Waals surface area contributed by atoms with Crippen molar-refractivity contribution in [1.29, 1.82) is 5.26 Å². The number of aromatic amines is 1. The normalized spacial score (nSPS) is 11.5. The summed E-state index contributed by atoms with van der Waals surface area (Å²) in [6.45, 7) is 3.32. The highest BCUT2D eigenvalue weighted by Crippen LogP contribution is 2.38. The predicted molar refractivity (Wildman–Crippen MR) is 167 cm³/mol. The summed E-state index contributed by atoms with van der Waals surface area (Å²) in [6.07, 6.45) is 2.43. The van der Waals surface area contributed by atoms with Gasteiger partial charge in [0.2, 0.25) is 10.0 Å². The molecule has 222 valence electrons. The van der Waals surface area contributed by atoms with Crippen LogP contribution in [0.1, 0.15) is 34.8 Å². The fourth-order valence-electron chi connectivity index (χ4n) is 5.29. The Morgan fingerprint density at radius 2 is 1.86 bits per heavy atom. The van der Waals surface area contributed by atoms with Crippen molar-refractivity contribution in [1.82, 2.24) is 10.3 Å². The number of H-pyrrole nitrogens is 1. The van der Waals surface area contributed by atoms with E-state index in [-0.39, 0.29) is 17.2 Å². The van der Waals surface area contributed by atoms with Gasteiger partial charge in [-0.1, -0.05) is 19.1 Å². The Kier molecular flexibility index (Phi) is 8.15. The predicted octanol–water partition coefficient (Wildman–Crippen LogP) is 5.81. The Balaban J connectivity index is 1.62. The largest absolute Gasteiger partial charge is 0.455 e. The Bertz CT molecular complexity index is 1970. The van der Waals surface area contributed by atoms with Gasteiger partial charge in [0.05, 0.1) is 28.6 Å². The first-order valence-electron chi connectivity index (χ1n) is 13.8. The fourth-order valence-corrected chi connectivity index (χ4v) is 5.81. The molecule has 0 spiro atoms. The smallest absolute Gasteiger partial charge is 0.255 e. The molecule has 5 rings (SSSR count). The number of benzene rings is 3. The zero-order valence-electron chi connectivity index (χ0n) is 24.4. The van der Waals surface area contributed by atoms with Crippen molar-refractivity contribution in [2.45, 2.75) is 19.8 Å². The van der Waals surface area contributed by atoms with Gasteiger partial charge in [-0.2, -0.15) is 5.26 Å². The quantitative estimate of drug-likeness (QED) is 0.208. The number of nitrogens with one attached hydrogen (secondary N) is 2. The molecule has 5 aromatic rings. The lowest BCUT2D eigenvalue weighted by Gasteiger charge is -2.25. The molecule has 2 heterocycles. The molecule has 0 saturated carbocycles. The van der Waals surface area contributed by atoms with Gasteiger partial charge in [-0.15, -0.1) is 0 Å². The Morgan fingerprint density at radius 3 is 2.51 bits per heavy atom. The number of aromatic nitrogens is 1. The molecule has 0 aliphatic rings. The number of hydrogen-bond acceptors (Lipinski definition) is 6. The molecule has 0 atom stereocenters. The summed E-state index contributed by atoms with van der Waals surface area (Å²) in [5.41, 5.74) is 3.58. The van der Waals surface area contributed by atoms with Crippen molar-refractivity contribution >= 4 is 49.3 Å². The average molecular weight is 602 g/mol. The number of nitrogens with zero attached hydrogens (tertiary/aromatic N) is 3. The monoisotopic (exact) mass is 601 g/mol. The molecule has 9 nitrogen and oxygen atoms in total. The highest BCUT2D eigenvalue weighted by Gasteiger charge is 2.26. The van der Waals surface area contributed by atoms with Gasteiger partial charge < -0.3 is 19.6 Å². The van der Waals surface area contributed by atoms with Crippen molar-refractivity contribution in [2.24, 2.45) is 0 Å². The molecule has 0 saturated heterocycles. The van der Waals surface area contributed by atoms with Gasteiger partial charge in [-0.05, 0) is 60.9 Å². The van der Waals surface area contributed by atoms with E-state index in [9.17, 15) is 22.9 Å². The lowest BCUT2D eigenvalue weighted by atomic mass is 10.0. The van der Waals surface area contributed by atoms with Gasteiger partial charge >= 0.3 is 0 Å². The second-order valence-electron chi connectivity index (χ2n) is 10.4. The van der Waals surface area contributed by atoms with Crippen molar-refractivity contribution in [2.75, 3.05) is 42.6 Å². The minimum atomic E-state index is -3.63. The molecular weight excluding hydrogens is 569 g/mol. The molecule has 2 aromatic heterocycles. The number of anilines is 2. The van der Waals surface area contributed by atoms with Gasteiger partial charge in [-0.25, -0.2) is 12.8 Å². The van der Waals surface area contributed by atoms with Crippen LogP contribution in [0, 0.1) is 17.1 Å². The summed E-state index contributed by atoms with van der Waals surface area (Å²) in [5.74, 6) is 0.313. The highest BCUT2D eigenvalue weighted by atomic mass is 32.2. The van der Waals surface area contributed by atoms with Crippen LogP contribution >= 0.6 is 0 Å². The van der Waals surface area contributed by atoms with Crippen molar-refractivity contribution < 1.29 is 22.0 Å². The van der Waals surface area contributed by atoms with Crippen LogP contribution < -0.4 is 14.5 Å². The lowest BCUT2D eigenvalue weighted by molar-refractivity contribution is 0.0964. The van der Waals surface area contributed by atoms with Crippen molar-refractivity contribution in [3.63, 3.8) is 0 Å². The molecular formula is C32H32FN5O4S. The van der Waals surface area contributed by atoms with E-state index in [2.05, 4.69) is 28.2 Å². The number of nitriles is 1. The number of furan rings is 1. The molecule has 43 heavy (non-hydrogen) atoms. The van der Waals surface area contributed by atoms with E-state index in [4.69, 9.17) is 4.42 Å². The molecule has 0 aliphatic heterocycles. The third-order valence-corrected chi connectivity index (χ3v) is 8.73. The van der Waals surface area contributed by atoms with E-state index in [0.29, 0.717) is 46.3 Å². The van der Waals surface area contributed by atoms with Crippen molar-refractivity contribution in [3.05, 3.63) is 83.2 Å². The average Bonchev–Trinajstić information content (AvgIpc) is 3.59. The first-order chi connectivity index (χ1) is 20.5. The van der Waals surface area contributed by atoms with Crippen LogP contribution in [0.5, 0.6) is 0 Å². The SMILES string of the molecule is CCCN(CCc1cc2c(C(=O)NC)c(-c3ccc(F)cc3)oc2cc1N(C)S(C)(=O)=O)c1cc2cccc(C#N)c2[nH]1. The van der Waals surface area contributed by atoms with Crippen LogP contribution in [0.15, 0.2) is 65.1 Å². The Hall–Kier alpha value is -4.82. The summed E-state index contributed by atoms with van der Waals surface area (Å²) in [7, 11) is -0.636. The number of para-hydroxylation sites is 1. The maximum atomic E-state index is 13.7. The van der Waals surface area contributed by atoms with E-state index in [0.717, 1.165) is 35.9 Å². The van der Waals surface area contributed by atoms with Crippen molar-refractivity contribution in [3.8, 4) is 17.4 Å². The number of fused-ring (bicyclic) bond motifs is 2. The molecule has 3 aromatic carbocycles. The van der Waals surface area contributed by atoms with Crippen LogP contribution in [0.4, 0.5) is 15.9 Å².